The van der Waals surface area contributed by atoms with Crippen molar-refractivity contribution in [3.05, 3.63) is 42.3 Å². The van der Waals surface area contributed by atoms with Gasteiger partial charge in [-0.05, 0) is 18.6 Å². The molecule has 0 aliphatic carbocycles. The molecule has 1 aliphatic rings. The van der Waals surface area contributed by atoms with Crippen LogP contribution in [0.3, 0.4) is 0 Å². The van der Waals surface area contributed by atoms with E-state index in [9.17, 15) is 16.8 Å². The molecule has 124 valence electrons. The average Bonchev–Trinajstić information content (AvgIpc) is 3.13. The van der Waals surface area contributed by atoms with Gasteiger partial charge in [-0.25, -0.2) is 26.5 Å². The summed E-state index contributed by atoms with van der Waals surface area (Å²) in [7, 11) is -6.94. The van der Waals surface area contributed by atoms with Gasteiger partial charge in [0.25, 0.3) is 0 Å². The highest BCUT2D eigenvalue weighted by Crippen LogP contribution is 2.20. The predicted molar refractivity (Wildman–Crippen MR) is 84.8 cm³/mol. The van der Waals surface area contributed by atoms with Gasteiger partial charge in [-0.3, -0.25) is 0 Å². The molecule has 3 rings (SSSR count). The number of oxazole rings is 1. The Bertz CT molecular complexity index is 888. The Balaban J connectivity index is 1.66. The number of benzene rings is 1. The Morgan fingerprint density at radius 3 is 2.65 bits per heavy atom. The summed E-state index contributed by atoms with van der Waals surface area (Å²) < 4.78 is 54.8. The minimum Gasteiger partial charge on any atom is -0.444 e. The summed E-state index contributed by atoms with van der Waals surface area (Å²) in [6, 6.07) is 9.24. The lowest BCUT2D eigenvalue weighted by Gasteiger charge is -2.09. The highest BCUT2D eigenvalue weighted by molar-refractivity contribution is 7.95. The van der Waals surface area contributed by atoms with Gasteiger partial charge in [-0.15, -0.1) is 0 Å². The van der Waals surface area contributed by atoms with Gasteiger partial charge in [0.15, 0.2) is 9.84 Å². The molecule has 1 saturated heterocycles. The van der Waals surface area contributed by atoms with Crippen molar-refractivity contribution < 1.29 is 21.3 Å². The number of hydrogen-bond donors (Lipinski definition) is 1. The standard InChI is InChI=1S/C14H16N2O5S2/c17-22(18)7-6-13(10-22)23(19,20)15-8-12-9-21-14(16-12)11-4-2-1-3-5-11/h1-5,9,13,15H,6-8,10H2/t13-/m1/s1. The van der Waals surface area contributed by atoms with Crippen molar-refractivity contribution in [1.82, 2.24) is 9.71 Å². The highest BCUT2D eigenvalue weighted by atomic mass is 32.2. The molecule has 1 aromatic heterocycles. The second-order valence-corrected chi connectivity index (χ2v) is 9.68. The molecule has 2 heterocycles. The molecule has 9 heteroatoms. The molecule has 1 atom stereocenters. The third-order valence-electron chi connectivity index (χ3n) is 3.66. The van der Waals surface area contributed by atoms with Crippen LogP contribution in [0.25, 0.3) is 11.5 Å². The predicted octanol–water partition coefficient (Wildman–Crippen LogP) is 0.948. The van der Waals surface area contributed by atoms with Gasteiger partial charge >= 0.3 is 0 Å². The summed E-state index contributed by atoms with van der Waals surface area (Å²) in [5.74, 6) is 0.000131. The number of aromatic nitrogens is 1. The fourth-order valence-electron chi connectivity index (χ4n) is 2.40. The Morgan fingerprint density at radius 2 is 2.00 bits per heavy atom. The van der Waals surface area contributed by atoms with Gasteiger partial charge in [0.05, 0.1) is 29.0 Å². The molecule has 7 nitrogen and oxygen atoms in total. The molecule has 0 radical (unpaired) electrons. The van der Waals surface area contributed by atoms with Crippen LogP contribution in [0.5, 0.6) is 0 Å². The number of hydrogen-bond acceptors (Lipinski definition) is 6. The van der Waals surface area contributed by atoms with Crippen LogP contribution in [0, 0.1) is 0 Å². The molecule has 1 aliphatic heterocycles. The topological polar surface area (TPSA) is 106 Å². The quantitative estimate of drug-likeness (QED) is 0.855. The lowest BCUT2D eigenvalue weighted by atomic mass is 10.2. The number of nitrogens with zero attached hydrogens (tertiary/aromatic N) is 1. The van der Waals surface area contributed by atoms with Crippen molar-refractivity contribution >= 4 is 19.9 Å². The van der Waals surface area contributed by atoms with Crippen molar-refractivity contribution in [2.45, 2.75) is 18.2 Å². The van der Waals surface area contributed by atoms with Crippen LogP contribution in [0.15, 0.2) is 41.0 Å². The first-order chi connectivity index (χ1) is 10.9. The van der Waals surface area contributed by atoms with Crippen LogP contribution in [-0.2, 0) is 26.4 Å². The van der Waals surface area contributed by atoms with Gasteiger partial charge in [-0.2, -0.15) is 0 Å². The SMILES string of the molecule is O=S1(=O)CC[C@@H](S(=O)(=O)NCc2coc(-c3ccccc3)n2)C1. The first kappa shape index (κ1) is 16.2. The Kier molecular flexibility index (Phi) is 4.26. The molecule has 1 N–H and O–H groups in total. The van der Waals surface area contributed by atoms with E-state index in [1.54, 1.807) is 0 Å². The molecule has 1 fully saturated rings. The van der Waals surface area contributed by atoms with E-state index >= 15 is 0 Å². The fraction of sp³-hybridized carbons (Fsp3) is 0.357. The zero-order valence-electron chi connectivity index (χ0n) is 12.2. The minimum atomic E-state index is -3.70. The van der Waals surface area contributed by atoms with Crippen LogP contribution < -0.4 is 4.72 Å². The number of sulfonamides is 1. The molecule has 2 aromatic rings. The minimum absolute atomic E-state index is 0.0325. The van der Waals surface area contributed by atoms with E-state index in [1.165, 1.54) is 6.26 Å². The van der Waals surface area contributed by atoms with Gasteiger partial charge in [-0.1, -0.05) is 18.2 Å². The lowest BCUT2D eigenvalue weighted by Crippen LogP contribution is -2.34. The number of nitrogens with one attached hydrogen (secondary N) is 1. The molecule has 0 amide bonds. The van der Waals surface area contributed by atoms with Crippen LogP contribution in [0.4, 0.5) is 0 Å². The van der Waals surface area contributed by atoms with E-state index in [1.807, 2.05) is 30.3 Å². The third-order valence-corrected chi connectivity index (χ3v) is 7.46. The van der Waals surface area contributed by atoms with Crippen molar-refractivity contribution in [2.24, 2.45) is 0 Å². The molecule has 0 saturated carbocycles. The Labute approximate surface area is 134 Å². The maximum atomic E-state index is 12.1. The summed E-state index contributed by atoms with van der Waals surface area (Å²) in [6.45, 7) is -0.0325. The first-order valence-electron chi connectivity index (χ1n) is 7.04. The Morgan fingerprint density at radius 1 is 1.26 bits per heavy atom. The monoisotopic (exact) mass is 356 g/mol. The van der Waals surface area contributed by atoms with Crippen LogP contribution in [0.1, 0.15) is 12.1 Å². The van der Waals surface area contributed by atoms with Gasteiger partial charge in [0, 0.05) is 5.56 Å². The number of rotatable bonds is 5. The van der Waals surface area contributed by atoms with E-state index in [2.05, 4.69) is 9.71 Å². The van der Waals surface area contributed by atoms with Crippen LogP contribution in [0.2, 0.25) is 0 Å². The summed E-state index contributed by atoms with van der Waals surface area (Å²) in [4.78, 5) is 4.23. The van der Waals surface area contributed by atoms with Crippen molar-refractivity contribution in [1.29, 1.82) is 0 Å². The smallest absolute Gasteiger partial charge is 0.226 e. The molecular formula is C14H16N2O5S2. The second-order valence-electron chi connectivity index (χ2n) is 5.40. The second kappa shape index (κ2) is 6.06. The summed E-state index contributed by atoms with van der Waals surface area (Å²) in [5, 5.41) is -0.895. The van der Waals surface area contributed by atoms with Crippen LogP contribution in [-0.4, -0.2) is 38.6 Å². The van der Waals surface area contributed by atoms with E-state index in [0.29, 0.717) is 11.6 Å². The number of sulfone groups is 1. The summed E-state index contributed by atoms with van der Waals surface area (Å²) in [5.41, 5.74) is 1.23. The van der Waals surface area contributed by atoms with E-state index in [4.69, 9.17) is 4.42 Å². The summed E-state index contributed by atoms with van der Waals surface area (Å²) >= 11 is 0. The fourth-order valence-corrected chi connectivity index (χ4v) is 6.44. The third kappa shape index (κ3) is 3.80. The van der Waals surface area contributed by atoms with Gasteiger partial charge < -0.3 is 4.42 Å². The van der Waals surface area contributed by atoms with Crippen molar-refractivity contribution in [2.75, 3.05) is 11.5 Å². The average molecular weight is 356 g/mol. The zero-order valence-corrected chi connectivity index (χ0v) is 13.8. The zero-order chi connectivity index (χ0) is 16.5. The maximum Gasteiger partial charge on any atom is 0.226 e. The van der Waals surface area contributed by atoms with Gasteiger partial charge in [0.2, 0.25) is 15.9 Å². The maximum absolute atomic E-state index is 12.1. The molecule has 0 spiro atoms. The van der Waals surface area contributed by atoms with Crippen LogP contribution >= 0.6 is 0 Å². The normalized spacial score (nSPS) is 20.6. The summed E-state index contributed by atoms with van der Waals surface area (Å²) in [6.07, 6.45) is 1.52. The molecule has 0 bridgehead atoms. The van der Waals surface area contributed by atoms with Crippen molar-refractivity contribution in [3.63, 3.8) is 0 Å². The first-order valence-corrected chi connectivity index (χ1v) is 10.4. The van der Waals surface area contributed by atoms with Gasteiger partial charge in [0.1, 0.15) is 6.26 Å². The molecule has 1 aromatic carbocycles. The van der Waals surface area contributed by atoms with Crippen molar-refractivity contribution in [3.8, 4) is 11.5 Å². The Hall–Kier alpha value is -1.71. The van der Waals surface area contributed by atoms with E-state index in [0.717, 1.165) is 5.56 Å². The largest absolute Gasteiger partial charge is 0.444 e. The molecule has 23 heavy (non-hydrogen) atoms. The molecule has 0 unspecified atom stereocenters. The highest BCUT2D eigenvalue weighted by Gasteiger charge is 2.36. The van der Waals surface area contributed by atoms with E-state index in [-0.39, 0.29) is 24.5 Å². The van der Waals surface area contributed by atoms with E-state index < -0.39 is 25.1 Å². The molecular weight excluding hydrogens is 340 g/mol. The lowest BCUT2D eigenvalue weighted by molar-refractivity contribution is 0.563.